The minimum atomic E-state index is -0.946. The summed E-state index contributed by atoms with van der Waals surface area (Å²) in [5.41, 5.74) is 2.58. The van der Waals surface area contributed by atoms with Crippen LogP contribution in [0.2, 0.25) is 0 Å². The van der Waals surface area contributed by atoms with Gasteiger partial charge in [-0.3, -0.25) is 14.4 Å². The molecule has 148 valence electrons. The SMILES string of the molecule is COc1cc(/C=N\NC(=O)C(=O)NCc2ccco2)cc(OC)c1OC(C)=O. The number of carbonyl (C=O) groups is 3. The minimum absolute atomic E-state index is 0.0783. The second-order valence-corrected chi connectivity index (χ2v) is 5.31. The highest BCUT2D eigenvalue weighted by atomic mass is 16.6. The van der Waals surface area contributed by atoms with E-state index < -0.39 is 17.8 Å². The van der Waals surface area contributed by atoms with Crippen molar-refractivity contribution >= 4 is 24.0 Å². The Labute approximate surface area is 160 Å². The summed E-state index contributed by atoms with van der Waals surface area (Å²) in [5.74, 6) is -1.25. The van der Waals surface area contributed by atoms with Crippen LogP contribution in [0.15, 0.2) is 40.0 Å². The van der Waals surface area contributed by atoms with Crippen molar-refractivity contribution in [3.8, 4) is 17.2 Å². The third-order valence-corrected chi connectivity index (χ3v) is 3.32. The number of ether oxygens (including phenoxy) is 3. The van der Waals surface area contributed by atoms with E-state index in [4.69, 9.17) is 18.6 Å². The van der Waals surface area contributed by atoms with Crippen LogP contribution in [0, 0.1) is 0 Å². The normalized spacial score (nSPS) is 10.4. The highest BCUT2D eigenvalue weighted by Crippen LogP contribution is 2.38. The van der Waals surface area contributed by atoms with Crippen LogP contribution in [0.5, 0.6) is 17.2 Å². The van der Waals surface area contributed by atoms with E-state index in [1.807, 2.05) is 0 Å². The third kappa shape index (κ3) is 5.59. The van der Waals surface area contributed by atoms with Crippen molar-refractivity contribution < 1.29 is 33.0 Å². The molecule has 2 rings (SSSR count). The van der Waals surface area contributed by atoms with Crippen molar-refractivity contribution in [3.63, 3.8) is 0 Å². The molecule has 10 heteroatoms. The highest BCUT2D eigenvalue weighted by molar-refractivity contribution is 6.35. The number of nitrogens with zero attached hydrogens (tertiary/aromatic N) is 1. The van der Waals surface area contributed by atoms with Crippen molar-refractivity contribution in [3.05, 3.63) is 41.9 Å². The molecule has 1 heterocycles. The molecule has 1 aromatic heterocycles. The smallest absolute Gasteiger partial charge is 0.329 e. The maximum absolute atomic E-state index is 11.7. The standard InChI is InChI=1S/C18H19N3O7/c1-11(22)28-16-14(25-2)7-12(8-15(16)26-3)9-20-21-18(24)17(23)19-10-13-5-4-6-27-13/h4-9H,10H2,1-3H3,(H,19,23)(H,21,24)/b20-9-. The highest BCUT2D eigenvalue weighted by Gasteiger charge is 2.16. The van der Waals surface area contributed by atoms with Crippen LogP contribution < -0.4 is 25.0 Å². The fourth-order valence-electron chi connectivity index (χ4n) is 2.10. The Balaban J connectivity index is 2.01. The molecule has 0 saturated carbocycles. The molecular weight excluding hydrogens is 370 g/mol. The Morgan fingerprint density at radius 3 is 2.36 bits per heavy atom. The van der Waals surface area contributed by atoms with Crippen LogP contribution in [-0.2, 0) is 20.9 Å². The van der Waals surface area contributed by atoms with Gasteiger partial charge in [0.15, 0.2) is 11.5 Å². The van der Waals surface area contributed by atoms with Gasteiger partial charge in [-0.15, -0.1) is 0 Å². The lowest BCUT2D eigenvalue weighted by molar-refractivity contribution is -0.139. The quantitative estimate of drug-likeness (QED) is 0.238. The van der Waals surface area contributed by atoms with Gasteiger partial charge in [-0.05, 0) is 24.3 Å². The van der Waals surface area contributed by atoms with Crippen LogP contribution in [0.25, 0.3) is 0 Å². The van der Waals surface area contributed by atoms with Gasteiger partial charge in [0.2, 0.25) is 5.75 Å². The minimum Gasteiger partial charge on any atom is -0.493 e. The number of hydrogen-bond donors (Lipinski definition) is 2. The second kappa shape index (κ2) is 9.76. The van der Waals surface area contributed by atoms with Gasteiger partial charge in [-0.1, -0.05) is 0 Å². The van der Waals surface area contributed by atoms with Crippen LogP contribution in [0.3, 0.4) is 0 Å². The molecule has 0 radical (unpaired) electrons. The third-order valence-electron chi connectivity index (χ3n) is 3.32. The second-order valence-electron chi connectivity index (χ2n) is 5.31. The number of nitrogens with one attached hydrogen (secondary N) is 2. The zero-order chi connectivity index (χ0) is 20.5. The van der Waals surface area contributed by atoms with E-state index in [0.717, 1.165) is 0 Å². The van der Waals surface area contributed by atoms with Gasteiger partial charge < -0.3 is 23.9 Å². The zero-order valence-corrected chi connectivity index (χ0v) is 15.5. The predicted octanol–water partition coefficient (Wildman–Crippen LogP) is 0.989. The molecule has 28 heavy (non-hydrogen) atoms. The zero-order valence-electron chi connectivity index (χ0n) is 15.5. The van der Waals surface area contributed by atoms with E-state index in [1.54, 1.807) is 12.1 Å². The maximum atomic E-state index is 11.7. The Bertz CT molecular complexity index is 850. The summed E-state index contributed by atoms with van der Waals surface area (Å²) >= 11 is 0. The van der Waals surface area contributed by atoms with Crippen molar-refractivity contribution in [2.24, 2.45) is 5.10 Å². The van der Waals surface area contributed by atoms with Gasteiger partial charge in [0.05, 0.1) is 33.2 Å². The number of amides is 2. The summed E-state index contributed by atoms with van der Waals surface area (Å²) in [7, 11) is 2.79. The van der Waals surface area contributed by atoms with Crippen LogP contribution in [0.4, 0.5) is 0 Å². The molecule has 0 aliphatic heterocycles. The summed E-state index contributed by atoms with van der Waals surface area (Å²) in [6.45, 7) is 1.33. The molecule has 0 aliphatic rings. The Morgan fingerprint density at radius 2 is 1.82 bits per heavy atom. The topological polar surface area (TPSA) is 128 Å². The molecule has 0 spiro atoms. The summed E-state index contributed by atoms with van der Waals surface area (Å²) in [6, 6.07) is 6.37. The van der Waals surface area contributed by atoms with E-state index in [0.29, 0.717) is 11.3 Å². The van der Waals surface area contributed by atoms with Crippen molar-refractivity contribution in [1.82, 2.24) is 10.7 Å². The fraction of sp³-hybridized carbons (Fsp3) is 0.222. The summed E-state index contributed by atoms with van der Waals surface area (Å²) in [5, 5.41) is 6.11. The van der Waals surface area contributed by atoms with Crippen LogP contribution in [0.1, 0.15) is 18.2 Å². The summed E-state index contributed by atoms with van der Waals surface area (Å²) in [6.07, 6.45) is 2.74. The molecule has 2 amide bonds. The number of carbonyl (C=O) groups excluding carboxylic acids is 3. The van der Waals surface area contributed by atoms with Gasteiger partial charge in [0, 0.05) is 12.5 Å². The first-order valence-electron chi connectivity index (χ1n) is 8.02. The van der Waals surface area contributed by atoms with E-state index in [-0.39, 0.29) is 23.8 Å². The number of esters is 1. The molecular formula is C18H19N3O7. The number of furan rings is 1. The molecule has 10 nitrogen and oxygen atoms in total. The van der Waals surface area contributed by atoms with E-state index in [2.05, 4.69) is 15.8 Å². The van der Waals surface area contributed by atoms with Crippen LogP contribution >= 0.6 is 0 Å². The van der Waals surface area contributed by atoms with E-state index in [9.17, 15) is 14.4 Å². The molecule has 0 atom stereocenters. The molecule has 0 fully saturated rings. The number of methoxy groups -OCH3 is 2. The molecule has 0 unspecified atom stereocenters. The lowest BCUT2D eigenvalue weighted by Gasteiger charge is -2.13. The van der Waals surface area contributed by atoms with E-state index in [1.165, 1.54) is 45.8 Å². The average Bonchev–Trinajstić information content (AvgIpc) is 3.19. The number of benzene rings is 1. The maximum Gasteiger partial charge on any atom is 0.329 e. The molecule has 1 aromatic carbocycles. The van der Waals surface area contributed by atoms with Gasteiger partial charge in [0.1, 0.15) is 5.76 Å². The van der Waals surface area contributed by atoms with Gasteiger partial charge in [-0.25, -0.2) is 5.43 Å². The Hall–Kier alpha value is -3.82. The largest absolute Gasteiger partial charge is 0.493 e. The van der Waals surface area contributed by atoms with Crippen LogP contribution in [-0.4, -0.2) is 38.2 Å². The lowest BCUT2D eigenvalue weighted by atomic mass is 10.2. The lowest BCUT2D eigenvalue weighted by Crippen LogP contribution is -2.37. The Morgan fingerprint density at radius 1 is 1.14 bits per heavy atom. The monoisotopic (exact) mass is 389 g/mol. The van der Waals surface area contributed by atoms with Crippen molar-refractivity contribution in [2.45, 2.75) is 13.5 Å². The first kappa shape index (κ1) is 20.5. The molecule has 0 bridgehead atoms. The first-order valence-corrected chi connectivity index (χ1v) is 8.02. The van der Waals surface area contributed by atoms with Gasteiger partial charge in [0.25, 0.3) is 0 Å². The number of hydrazone groups is 1. The molecule has 0 saturated heterocycles. The first-order chi connectivity index (χ1) is 13.4. The molecule has 0 aliphatic carbocycles. The van der Waals surface area contributed by atoms with E-state index >= 15 is 0 Å². The van der Waals surface area contributed by atoms with Gasteiger partial charge in [-0.2, -0.15) is 5.10 Å². The Kier molecular flexibility index (Phi) is 7.14. The average molecular weight is 389 g/mol. The van der Waals surface area contributed by atoms with Crippen molar-refractivity contribution in [2.75, 3.05) is 14.2 Å². The number of hydrogen-bond acceptors (Lipinski definition) is 8. The van der Waals surface area contributed by atoms with Gasteiger partial charge >= 0.3 is 17.8 Å². The molecule has 2 aromatic rings. The fourth-order valence-corrected chi connectivity index (χ4v) is 2.10. The molecule has 2 N–H and O–H groups in total. The number of rotatable bonds is 7. The summed E-state index contributed by atoms with van der Waals surface area (Å²) < 4.78 is 20.5. The predicted molar refractivity (Wildman–Crippen MR) is 97.1 cm³/mol. The van der Waals surface area contributed by atoms with Crippen molar-refractivity contribution in [1.29, 1.82) is 0 Å². The summed E-state index contributed by atoms with van der Waals surface area (Å²) in [4.78, 5) is 34.7.